The molecule has 26 heavy (non-hydrogen) atoms. The van der Waals surface area contributed by atoms with Gasteiger partial charge in [0.15, 0.2) is 0 Å². The van der Waals surface area contributed by atoms with E-state index in [-0.39, 0.29) is 6.03 Å². The van der Waals surface area contributed by atoms with E-state index in [4.69, 9.17) is 0 Å². The minimum Gasteiger partial charge on any atom is -0.324 e. The van der Waals surface area contributed by atoms with Crippen LogP contribution in [0, 0.1) is 5.41 Å². The number of likely N-dealkylation sites (tertiary alicyclic amines) is 1. The molecule has 1 aliphatic carbocycles. The Morgan fingerprint density at radius 3 is 2.58 bits per heavy atom. The van der Waals surface area contributed by atoms with Crippen LogP contribution in [0.4, 0.5) is 10.5 Å². The van der Waals surface area contributed by atoms with E-state index in [1.54, 1.807) is 0 Å². The Hall–Kier alpha value is -1.55. The summed E-state index contributed by atoms with van der Waals surface area (Å²) in [6.07, 6.45) is 9.98. The maximum Gasteiger partial charge on any atom is 0.324 e. The summed E-state index contributed by atoms with van der Waals surface area (Å²) in [5.74, 6) is 0. The first kappa shape index (κ1) is 17.8. The van der Waals surface area contributed by atoms with Gasteiger partial charge in [-0.15, -0.1) is 0 Å². The van der Waals surface area contributed by atoms with Crippen LogP contribution in [0.25, 0.3) is 0 Å². The zero-order valence-electron chi connectivity index (χ0n) is 16.4. The molecule has 4 nitrogen and oxygen atoms in total. The van der Waals surface area contributed by atoms with E-state index < -0.39 is 0 Å². The molecule has 0 radical (unpaired) electrons. The Balaban J connectivity index is 1.56. The summed E-state index contributed by atoms with van der Waals surface area (Å²) >= 11 is 0. The first-order valence-corrected chi connectivity index (χ1v) is 10.4. The summed E-state index contributed by atoms with van der Waals surface area (Å²) in [7, 11) is 4.27. The van der Waals surface area contributed by atoms with Crippen molar-refractivity contribution in [2.24, 2.45) is 5.41 Å². The number of carbonyl (C=O) groups is 1. The van der Waals surface area contributed by atoms with E-state index in [1.807, 2.05) is 0 Å². The van der Waals surface area contributed by atoms with Crippen LogP contribution >= 0.6 is 0 Å². The lowest BCUT2D eigenvalue weighted by molar-refractivity contribution is 0.110. The quantitative estimate of drug-likeness (QED) is 0.757. The van der Waals surface area contributed by atoms with Crippen molar-refractivity contribution < 1.29 is 4.79 Å². The molecule has 1 atom stereocenters. The molecule has 1 saturated heterocycles. The van der Waals surface area contributed by atoms with E-state index in [2.05, 4.69) is 53.1 Å². The number of fused-ring (bicyclic) bond motifs is 1. The smallest absolute Gasteiger partial charge is 0.324 e. The highest BCUT2D eigenvalue weighted by molar-refractivity contribution is 5.93. The van der Waals surface area contributed by atoms with Gasteiger partial charge in [-0.2, -0.15) is 0 Å². The predicted molar refractivity (Wildman–Crippen MR) is 107 cm³/mol. The third kappa shape index (κ3) is 3.36. The van der Waals surface area contributed by atoms with Gasteiger partial charge in [0.25, 0.3) is 0 Å². The maximum absolute atomic E-state index is 13.5. The van der Waals surface area contributed by atoms with E-state index in [9.17, 15) is 4.79 Å². The third-order valence-electron chi connectivity index (χ3n) is 7.12. The van der Waals surface area contributed by atoms with Crippen molar-refractivity contribution in [3.8, 4) is 0 Å². The van der Waals surface area contributed by atoms with E-state index in [1.165, 1.54) is 44.1 Å². The van der Waals surface area contributed by atoms with Gasteiger partial charge in [0, 0.05) is 31.4 Å². The minimum atomic E-state index is 0.225. The van der Waals surface area contributed by atoms with Gasteiger partial charge in [-0.3, -0.25) is 4.90 Å². The summed E-state index contributed by atoms with van der Waals surface area (Å²) in [6.45, 7) is 2.65. The topological polar surface area (TPSA) is 26.8 Å². The number of aryl methyl sites for hydroxylation is 1. The largest absolute Gasteiger partial charge is 0.324 e. The number of benzene rings is 1. The number of carbonyl (C=O) groups excluding carboxylic acids is 1. The van der Waals surface area contributed by atoms with Gasteiger partial charge in [0.1, 0.15) is 0 Å². The highest BCUT2D eigenvalue weighted by atomic mass is 16.2. The second kappa shape index (κ2) is 7.22. The second-order valence-corrected chi connectivity index (χ2v) is 8.87. The van der Waals surface area contributed by atoms with Crippen LogP contribution in [0.1, 0.15) is 50.5 Å². The lowest BCUT2D eigenvalue weighted by Gasteiger charge is -2.41. The third-order valence-corrected chi connectivity index (χ3v) is 7.12. The highest BCUT2D eigenvalue weighted by Crippen LogP contribution is 2.48. The van der Waals surface area contributed by atoms with Crippen molar-refractivity contribution >= 4 is 11.7 Å². The average molecular weight is 356 g/mol. The molecule has 1 unspecified atom stereocenters. The van der Waals surface area contributed by atoms with Crippen molar-refractivity contribution in [3.63, 3.8) is 0 Å². The number of hydrogen-bond acceptors (Lipinski definition) is 2. The molecular weight excluding hydrogens is 322 g/mol. The predicted octanol–water partition coefficient (Wildman–Crippen LogP) is 4.15. The fourth-order valence-electron chi connectivity index (χ4n) is 5.10. The van der Waals surface area contributed by atoms with Gasteiger partial charge in [-0.1, -0.05) is 24.6 Å². The number of para-hydroxylation sites is 1. The summed E-state index contributed by atoms with van der Waals surface area (Å²) in [5, 5.41) is 0. The van der Waals surface area contributed by atoms with E-state index in [0.717, 1.165) is 38.2 Å². The average Bonchev–Trinajstić information content (AvgIpc) is 2.95. The molecule has 2 heterocycles. The standard InChI is InChI=1S/C22H33N3O/c1-23(2)19-10-9-18-7-3-4-8-20(18)25(17-19)21(26)24-15-6-13-22(14-16-24)11-5-12-22/h3-4,7-8,19H,5-6,9-17H2,1-2H3. The molecule has 0 aromatic heterocycles. The van der Waals surface area contributed by atoms with Crippen LogP contribution in [0.15, 0.2) is 24.3 Å². The first-order valence-electron chi connectivity index (χ1n) is 10.4. The normalized spacial score (nSPS) is 25.4. The monoisotopic (exact) mass is 355 g/mol. The number of nitrogens with zero attached hydrogens (tertiary/aromatic N) is 3. The van der Waals surface area contributed by atoms with Crippen molar-refractivity contribution in [1.82, 2.24) is 9.80 Å². The Bertz CT molecular complexity index is 653. The molecule has 0 N–H and O–H groups in total. The van der Waals surface area contributed by atoms with Crippen LogP contribution in [0.3, 0.4) is 0 Å². The van der Waals surface area contributed by atoms with Crippen molar-refractivity contribution in [1.29, 1.82) is 0 Å². The minimum absolute atomic E-state index is 0.225. The van der Waals surface area contributed by atoms with Crippen LogP contribution < -0.4 is 4.90 Å². The molecule has 2 amide bonds. The fourth-order valence-corrected chi connectivity index (χ4v) is 5.10. The van der Waals surface area contributed by atoms with Crippen LogP contribution in [0.5, 0.6) is 0 Å². The molecule has 3 aliphatic rings. The van der Waals surface area contributed by atoms with Crippen molar-refractivity contribution in [2.45, 2.75) is 57.4 Å². The molecule has 1 saturated carbocycles. The Kier molecular flexibility index (Phi) is 4.96. The lowest BCUT2D eigenvalue weighted by Crippen LogP contribution is -2.49. The van der Waals surface area contributed by atoms with Crippen LogP contribution in [0.2, 0.25) is 0 Å². The first-order chi connectivity index (χ1) is 12.6. The molecule has 1 spiro atoms. The SMILES string of the molecule is CN(C)C1CCc2ccccc2N(C(=O)N2CCCC3(CCC3)CC2)C1. The molecule has 2 aliphatic heterocycles. The van der Waals surface area contributed by atoms with Crippen LogP contribution in [-0.2, 0) is 6.42 Å². The van der Waals surface area contributed by atoms with Crippen LogP contribution in [-0.4, -0.2) is 55.6 Å². The molecule has 1 aromatic rings. The summed E-state index contributed by atoms with van der Waals surface area (Å²) in [4.78, 5) is 20.0. The second-order valence-electron chi connectivity index (χ2n) is 8.87. The van der Waals surface area contributed by atoms with Gasteiger partial charge in [-0.25, -0.2) is 4.79 Å². The lowest BCUT2D eigenvalue weighted by atomic mass is 9.64. The molecule has 4 rings (SSSR count). The van der Waals surface area contributed by atoms with Gasteiger partial charge in [0.2, 0.25) is 0 Å². The Morgan fingerprint density at radius 2 is 1.85 bits per heavy atom. The molecule has 142 valence electrons. The summed E-state index contributed by atoms with van der Waals surface area (Å²) < 4.78 is 0. The van der Waals surface area contributed by atoms with Gasteiger partial charge < -0.3 is 9.80 Å². The Morgan fingerprint density at radius 1 is 1.08 bits per heavy atom. The van der Waals surface area contributed by atoms with Crippen molar-refractivity contribution in [3.05, 3.63) is 29.8 Å². The fraction of sp³-hybridized carbons (Fsp3) is 0.682. The maximum atomic E-state index is 13.5. The molecule has 0 bridgehead atoms. The van der Waals surface area contributed by atoms with E-state index in [0.29, 0.717) is 11.5 Å². The Labute approximate surface area is 158 Å². The number of amides is 2. The van der Waals surface area contributed by atoms with Crippen molar-refractivity contribution in [2.75, 3.05) is 38.6 Å². The zero-order chi connectivity index (χ0) is 18.1. The number of likely N-dealkylation sites (N-methyl/N-ethyl adjacent to an activating group) is 1. The zero-order valence-corrected chi connectivity index (χ0v) is 16.4. The molecule has 4 heteroatoms. The summed E-state index contributed by atoms with van der Waals surface area (Å²) in [6, 6.07) is 9.14. The highest BCUT2D eigenvalue weighted by Gasteiger charge is 2.39. The number of anilines is 1. The summed E-state index contributed by atoms with van der Waals surface area (Å²) in [5.41, 5.74) is 3.01. The van der Waals surface area contributed by atoms with Gasteiger partial charge >= 0.3 is 6.03 Å². The van der Waals surface area contributed by atoms with Gasteiger partial charge in [-0.05, 0) is 76.1 Å². The molecule has 2 fully saturated rings. The number of rotatable bonds is 1. The number of urea groups is 1. The van der Waals surface area contributed by atoms with E-state index >= 15 is 0 Å². The molecular formula is C22H33N3O. The number of hydrogen-bond donors (Lipinski definition) is 0. The van der Waals surface area contributed by atoms with Gasteiger partial charge in [0.05, 0.1) is 0 Å². The molecule has 1 aromatic carbocycles.